The van der Waals surface area contributed by atoms with E-state index >= 15 is 0 Å². The summed E-state index contributed by atoms with van der Waals surface area (Å²) in [6, 6.07) is 12.0. The van der Waals surface area contributed by atoms with Crippen molar-refractivity contribution in [2.45, 2.75) is 25.6 Å². The minimum Gasteiger partial charge on any atom is -0.361 e. The normalized spacial score (nSPS) is 16.8. The van der Waals surface area contributed by atoms with E-state index in [4.69, 9.17) is 4.99 Å². The van der Waals surface area contributed by atoms with Gasteiger partial charge in [0.2, 0.25) is 0 Å². The summed E-state index contributed by atoms with van der Waals surface area (Å²) in [5.74, 6) is 0.385. The van der Waals surface area contributed by atoms with Crippen LogP contribution in [0.4, 0.5) is 15.9 Å². The maximum Gasteiger partial charge on any atom is 0.312 e. The molecule has 7 nitrogen and oxygen atoms in total. The van der Waals surface area contributed by atoms with Crippen LogP contribution in [0.1, 0.15) is 13.3 Å². The predicted octanol–water partition coefficient (Wildman–Crippen LogP) is 2.65. The first-order chi connectivity index (χ1) is 14.2. The second-order valence-electron chi connectivity index (χ2n) is 6.69. The third-order valence-corrected chi connectivity index (χ3v) is 5.76. The van der Waals surface area contributed by atoms with Crippen molar-refractivity contribution in [1.29, 1.82) is 0 Å². The fourth-order valence-electron chi connectivity index (χ4n) is 3.51. The molecule has 0 radical (unpaired) electrons. The average molecular weight is 407 g/mol. The number of aromatic amines is 1. The van der Waals surface area contributed by atoms with E-state index in [9.17, 15) is 4.39 Å². The summed E-state index contributed by atoms with van der Waals surface area (Å²) in [4.78, 5) is 21.9. The number of H-pyrrole nitrogens is 1. The number of fused-ring (bicyclic) bond motifs is 2. The molecule has 0 aliphatic carbocycles. The summed E-state index contributed by atoms with van der Waals surface area (Å²) in [5, 5.41) is 6.38. The number of anilines is 2. The Morgan fingerprint density at radius 3 is 2.93 bits per heavy atom. The molecule has 1 aliphatic heterocycles. The maximum absolute atomic E-state index is 13.9. The molecule has 4 heterocycles. The molecule has 0 saturated heterocycles. The van der Waals surface area contributed by atoms with Crippen LogP contribution < -0.4 is 20.1 Å². The van der Waals surface area contributed by atoms with E-state index in [1.807, 2.05) is 29.6 Å². The number of imidazole rings is 1. The fourth-order valence-corrected chi connectivity index (χ4v) is 4.27. The van der Waals surface area contributed by atoms with Gasteiger partial charge in [-0.2, -0.15) is 14.4 Å². The number of nitrogens with one attached hydrogen (secondary N) is 2. The van der Waals surface area contributed by atoms with Crippen molar-refractivity contribution < 1.29 is 4.39 Å². The van der Waals surface area contributed by atoms with E-state index in [1.54, 1.807) is 11.3 Å². The van der Waals surface area contributed by atoms with Crippen molar-refractivity contribution in [3.05, 3.63) is 64.1 Å². The molecule has 29 heavy (non-hydrogen) atoms. The minimum atomic E-state index is -0.811. The first-order valence-electron chi connectivity index (χ1n) is 9.32. The Bertz CT molecular complexity index is 1270. The second kappa shape index (κ2) is 7.25. The summed E-state index contributed by atoms with van der Waals surface area (Å²) in [6.45, 7) is 2.07. The van der Waals surface area contributed by atoms with Gasteiger partial charge in [0, 0.05) is 11.9 Å². The molecule has 0 fully saturated rings. The van der Waals surface area contributed by atoms with Crippen LogP contribution in [-0.2, 0) is 0 Å². The van der Waals surface area contributed by atoms with Crippen molar-refractivity contribution in [1.82, 2.24) is 19.9 Å². The van der Waals surface area contributed by atoms with Crippen molar-refractivity contribution in [3.63, 3.8) is 0 Å². The van der Waals surface area contributed by atoms with Crippen molar-refractivity contribution in [2.24, 2.45) is 4.99 Å². The Morgan fingerprint density at radius 1 is 1.24 bits per heavy atom. The lowest BCUT2D eigenvalue weighted by atomic mass is 10.1. The number of halogens is 1. The molecular weight excluding hydrogens is 389 g/mol. The first-order valence-corrected chi connectivity index (χ1v) is 10.2. The largest absolute Gasteiger partial charge is 0.361 e. The number of hydrogen-bond acceptors (Lipinski definition) is 7. The molecule has 2 atom stereocenters. The van der Waals surface area contributed by atoms with Crippen LogP contribution in [-0.4, -0.2) is 32.1 Å². The molecule has 0 amide bonds. The van der Waals surface area contributed by atoms with Crippen molar-refractivity contribution in [2.75, 3.05) is 10.2 Å². The van der Waals surface area contributed by atoms with E-state index < -0.39 is 6.08 Å². The Labute approximate surface area is 169 Å². The molecule has 5 rings (SSSR count). The summed E-state index contributed by atoms with van der Waals surface area (Å²) >= 11 is 1.66. The molecule has 1 aromatic carbocycles. The number of hydrogen-bond donors (Lipinski definition) is 2. The van der Waals surface area contributed by atoms with E-state index in [2.05, 4.69) is 55.4 Å². The highest BCUT2D eigenvalue weighted by atomic mass is 32.1. The van der Waals surface area contributed by atoms with E-state index in [1.165, 1.54) is 6.33 Å². The zero-order valence-corrected chi connectivity index (χ0v) is 16.4. The zero-order chi connectivity index (χ0) is 19.8. The summed E-state index contributed by atoms with van der Waals surface area (Å²) in [6.07, 6.45) is 3.34. The van der Waals surface area contributed by atoms with Crippen LogP contribution in [0.3, 0.4) is 0 Å². The third-order valence-electron chi connectivity index (χ3n) is 4.92. The molecule has 0 saturated carbocycles. The number of thiophene rings is 1. The van der Waals surface area contributed by atoms with Gasteiger partial charge in [-0.05, 0) is 30.0 Å². The van der Waals surface area contributed by atoms with Crippen LogP contribution in [0.5, 0.6) is 0 Å². The van der Waals surface area contributed by atoms with Crippen LogP contribution in [0.15, 0.2) is 53.1 Å². The van der Waals surface area contributed by atoms with Gasteiger partial charge in [0.25, 0.3) is 0 Å². The fraction of sp³-hybridized carbons (Fsp3) is 0.200. The third kappa shape index (κ3) is 3.23. The lowest BCUT2D eigenvalue weighted by Gasteiger charge is -2.35. The molecule has 2 N–H and O–H groups in total. The average Bonchev–Trinajstić information content (AvgIpc) is 3.40. The summed E-state index contributed by atoms with van der Waals surface area (Å²) in [7, 11) is 0. The molecule has 4 aromatic rings. The van der Waals surface area contributed by atoms with Gasteiger partial charge in [-0.15, -0.1) is 11.3 Å². The molecule has 146 valence electrons. The zero-order valence-electron chi connectivity index (χ0n) is 15.6. The molecule has 9 heteroatoms. The molecule has 0 spiro atoms. The Balaban J connectivity index is 1.57. The second-order valence-corrected chi connectivity index (χ2v) is 7.63. The molecule has 2 unspecified atom stereocenters. The lowest BCUT2D eigenvalue weighted by Crippen LogP contribution is -2.49. The quantitative estimate of drug-likeness (QED) is 0.497. The Hall–Kier alpha value is -3.33. The van der Waals surface area contributed by atoms with E-state index in [0.717, 1.165) is 22.0 Å². The van der Waals surface area contributed by atoms with Crippen LogP contribution in [0, 0.1) is 6.08 Å². The SMILES string of the molecule is CCC(Nc1nc(F)nc2nc[nH]c12)C1N=c2ccsc2=CN1c1ccccc1. The Morgan fingerprint density at radius 2 is 2.10 bits per heavy atom. The highest BCUT2D eigenvalue weighted by Crippen LogP contribution is 2.25. The van der Waals surface area contributed by atoms with E-state index in [0.29, 0.717) is 17.0 Å². The van der Waals surface area contributed by atoms with Gasteiger partial charge >= 0.3 is 6.08 Å². The number of nitrogens with zero attached hydrogens (tertiary/aromatic N) is 5. The van der Waals surface area contributed by atoms with Gasteiger partial charge in [0.1, 0.15) is 11.7 Å². The molecular formula is C20H18FN7S. The molecule has 1 aliphatic rings. The van der Waals surface area contributed by atoms with Gasteiger partial charge in [-0.1, -0.05) is 25.1 Å². The number of rotatable bonds is 5. The van der Waals surface area contributed by atoms with E-state index in [-0.39, 0.29) is 12.2 Å². The minimum absolute atomic E-state index is 0.125. The Kier molecular flexibility index (Phi) is 4.44. The number of benzene rings is 1. The topological polar surface area (TPSA) is 82.1 Å². The summed E-state index contributed by atoms with van der Waals surface area (Å²) < 4.78 is 15.0. The van der Waals surface area contributed by atoms with Crippen molar-refractivity contribution in [3.8, 4) is 0 Å². The summed E-state index contributed by atoms with van der Waals surface area (Å²) in [5.41, 5.74) is 1.91. The van der Waals surface area contributed by atoms with Crippen LogP contribution in [0.2, 0.25) is 0 Å². The van der Waals surface area contributed by atoms with Crippen molar-refractivity contribution >= 4 is 40.2 Å². The highest BCUT2D eigenvalue weighted by Gasteiger charge is 2.28. The van der Waals surface area contributed by atoms with Gasteiger partial charge in [-0.3, -0.25) is 4.99 Å². The lowest BCUT2D eigenvalue weighted by molar-refractivity contribution is 0.527. The van der Waals surface area contributed by atoms with Gasteiger partial charge in [0.15, 0.2) is 11.5 Å². The number of para-hydroxylation sites is 1. The van der Waals surface area contributed by atoms with Crippen LogP contribution in [0.25, 0.3) is 17.4 Å². The predicted molar refractivity (Wildman–Crippen MR) is 112 cm³/mol. The number of aromatic nitrogens is 4. The first kappa shape index (κ1) is 17.7. The monoisotopic (exact) mass is 407 g/mol. The highest BCUT2D eigenvalue weighted by molar-refractivity contribution is 7.07. The van der Waals surface area contributed by atoms with Gasteiger partial charge in [0.05, 0.1) is 22.3 Å². The molecule has 3 aromatic heterocycles. The van der Waals surface area contributed by atoms with Crippen LogP contribution >= 0.6 is 11.3 Å². The van der Waals surface area contributed by atoms with Gasteiger partial charge in [-0.25, -0.2) is 4.98 Å². The standard InChI is InChI=1S/C20H18FN7S/c1-2-13(24-18-16-17(23-11-22-16)26-20(21)27-18)19-25-14-8-9-29-15(14)10-28(19)12-6-4-3-5-7-12/h3-11,13,19H,2H2,1H3,(H2,22,23,24,26,27). The molecule has 0 bridgehead atoms. The smallest absolute Gasteiger partial charge is 0.312 e. The van der Waals surface area contributed by atoms with Gasteiger partial charge < -0.3 is 15.2 Å². The maximum atomic E-state index is 13.9.